The third-order valence-electron chi connectivity index (χ3n) is 3.71. The van der Waals surface area contributed by atoms with E-state index in [0.29, 0.717) is 0 Å². The number of halogens is 1. The Balaban J connectivity index is 1.96. The number of fused-ring (bicyclic) bond motifs is 1. The molecule has 0 amide bonds. The number of aryl methyl sites for hydroxylation is 1. The van der Waals surface area contributed by atoms with Crippen molar-refractivity contribution in [1.82, 2.24) is 9.55 Å². The monoisotopic (exact) mass is 310 g/mol. The smallest absolute Gasteiger partial charge is 0.133 e. The van der Waals surface area contributed by atoms with Gasteiger partial charge in [-0.25, -0.2) is 4.98 Å². The Kier molecular flexibility index (Phi) is 4.59. The molecule has 0 spiro atoms. The van der Waals surface area contributed by atoms with Crippen LogP contribution in [0.25, 0.3) is 23.2 Å². The van der Waals surface area contributed by atoms with E-state index < -0.39 is 0 Å². The molecule has 1 heterocycles. The number of hydrogen-bond acceptors (Lipinski definition) is 1. The molecule has 0 aliphatic carbocycles. The average molecular weight is 311 g/mol. The van der Waals surface area contributed by atoms with Crippen LogP contribution in [0.5, 0.6) is 0 Å². The van der Waals surface area contributed by atoms with E-state index in [1.54, 1.807) is 0 Å². The normalized spacial score (nSPS) is 11.5. The van der Waals surface area contributed by atoms with E-state index in [1.807, 2.05) is 30.3 Å². The van der Waals surface area contributed by atoms with Gasteiger partial charge >= 0.3 is 0 Å². The predicted molar refractivity (Wildman–Crippen MR) is 95.0 cm³/mol. The number of aromatic nitrogens is 2. The lowest BCUT2D eigenvalue weighted by Gasteiger charge is -2.05. The number of nitrogens with zero attached hydrogens (tertiary/aromatic N) is 2. The molecular formula is C19H19ClN2. The molecule has 0 saturated carbocycles. The summed E-state index contributed by atoms with van der Waals surface area (Å²) in [4.78, 5) is 4.75. The van der Waals surface area contributed by atoms with Gasteiger partial charge in [0.15, 0.2) is 0 Å². The average Bonchev–Trinajstić information content (AvgIpc) is 2.90. The maximum absolute atomic E-state index is 5.92. The molecule has 0 aliphatic heterocycles. The first kappa shape index (κ1) is 14.9. The van der Waals surface area contributed by atoms with Gasteiger partial charge in [-0.1, -0.05) is 55.3 Å². The Morgan fingerprint density at radius 2 is 1.82 bits per heavy atom. The van der Waals surface area contributed by atoms with Crippen molar-refractivity contribution in [3.63, 3.8) is 0 Å². The van der Waals surface area contributed by atoms with Crippen LogP contribution in [0.2, 0.25) is 5.02 Å². The van der Waals surface area contributed by atoms with Crippen molar-refractivity contribution < 1.29 is 0 Å². The van der Waals surface area contributed by atoms with Crippen LogP contribution in [0.1, 0.15) is 31.2 Å². The molecule has 3 rings (SSSR count). The fourth-order valence-corrected chi connectivity index (χ4v) is 2.64. The zero-order chi connectivity index (χ0) is 15.4. The number of rotatable bonds is 5. The summed E-state index contributed by atoms with van der Waals surface area (Å²) in [7, 11) is 0. The van der Waals surface area contributed by atoms with Gasteiger partial charge in [0.25, 0.3) is 0 Å². The van der Waals surface area contributed by atoms with Crippen molar-refractivity contribution >= 4 is 34.8 Å². The number of benzene rings is 2. The van der Waals surface area contributed by atoms with E-state index in [4.69, 9.17) is 16.6 Å². The lowest BCUT2D eigenvalue weighted by Crippen LogP contribution is -2.00. The molecule has 0 fully saturated rings. The highest BCUT2D eigenvalue weighted by atomic mass is 35.5. The summed E-state index contributed by atoms with van der Waals surface area (Å²) in [6.07, 6.45) is 6.49. The van der Waals surface area contributed by atoms with Crippen LogP contribution in [0.3, 0.4) is 0 Å². The summed E-state index contributed by atoms with van der Waals surface area (Å²) in [5.41, 5.74) is 3.37. The molecule has 22 heavy (non-hydrogen) atoms. The zero-order valence-corrected chi connectivity index (χ0v) is 13.4. The maximum atomic E-state index is 5.92. The third-order valence-corrected chi connectivity index (χ3v) is 3.97. The minimum atomic E-state index is 0.757. The van der Waals surface area contributed by atoms with Crippen LogP contribution in [0.15, 0.2) is 48.5 Å². The lowest BCUT2D eigenvalue weighted by molar-refractivity contribution is 0.641. The zero-order valence-electron chi connectivity index (χ0n) is 12.7. The van der Waals surface area contributed by atoms with Gasteiger partial charge in [-0.2, -0.15) is 0 Å². The van der Waals surface area contributed by atoms with Crippen molar-refractivity contribution in [3.05, 3.63) is 64.9 Å². The van der Waals surface area contributed by atoms with Crippen LogP contribution in [0.4, 0.5) is 0 Å². The van der Waals surface area contributed by atoms with Crippen molar-refractivity contribution in [2.24, 2.45) is 0 Å². The summed E-state index contributed by atoms with van der Waals surface area (Å²) < 4.78 is 2.30. The summed E-state index contributed by atoms with van der Waals surface area (Å²) >= 11 is 5.92. The van der Waals surface area contributed by atoms with E-state index in [9.17, 15) is 0 Å². The fourth-order valence-electron chi connectivity index (χ4n) is 2.52. The second-order valence-corrected chi connectivity index (χ2v) is 5.79. The molecule has 2 nitrogen and oxygen atoms in total. The Hall–Kier alpha value is -2.06. The van der Waals surface area contributed by atoms with Crippen LogP contribution in [-0.2, 0) is 6.54 Å². The van der Waals surface area contributed by atoms with Crippen molar-refractivity contribution in [2.45, 2.75) is 26.3 Å². The molecule has 0 atom stereocenters. The first-order chi connectivity index (χ1) is 10.8. The summed E-state index contributed by atoms with van der Waals surface area (Å²) in [5.74, 6) is 1.00. The Morgan fingerprint density at radius 1 is 1.05 bits per heavy atom. The fraction of sp³-hybridized carbons (Fsp3) is 0.211. The van der Waals surface area contributed by atoms with E-state index in [2.05, 4.69) is 41.8 Å². The number of imidazole rings is 1. The van der Waals surface area contributed by atoms with E-state index in [1.165, 1.54) is 11.9 Å². The lowest BCUT2D eigenvalue weighted by atomic mass is 10.2. The first-order valence-electron chi connectivity index (χ1n) is 7.67. The number of para-hydroxylation sites is 2. The largest absolute Gasteiger partial charge is 0.324 e. The minimum absolute atomic E-state index is 0.757. The topological polar surface area (TPSA) is 17.8 Å². The summed E-state index contributed by atoms with van der Waals surface area (Å²) in [6, 6.07) is 16.1. The molecular weight excluding hydrogens is 292 g/mol. The van der Waals surface area contributed by atoms with Gasteiger partial charge in [0.05, 0.1) is 11.0 Å². The van der Waals surface area contributed by atoms with Crippen molar-refractivity contribution in [1.29, 1.82) is 0 Å². The molecule has 3 heteroatoms. The van der Waals surface area contributed by atoms with Crippen LogP contribution in [0, 0.1) is 0 Å². The van der Waals surface area contributed by atoms with Gasteiger partial charge in [0.1, 0.15) is 5.82 Å². The Morgan fingerprint density at radius 3 is 2.59 bits per heavy atom. The number of unbranched alkanes of at least 4 members (excludes halogenated alkanes) is 1. The SMILES string of the molecule is CCCCn1c(/C=C/c2ccc(Cl)cc2)nc2ccccc21. The van der Waals surface area contributed by atoms with E-state index in [0.717, 1.165) is 34.9 Å². The Labute approximate surface area is 136 Å². The molecule has 0 radical (unpaired) electrons. The molecule has 0 N–H and O–H groups in total. The Bertz CT molecular complexity index is 785. The van der Waals surface area contributed by atoms with Gasteiger partial charge < -0.3 is 4.57 Å². The van der Waals surface area contributed by atoms with Gasteiger partial charge in [0, 0.05) is 11.6 Å². The highest BCUT2D eigenvalue weighted by molar-refractivity contribution is 6.30. The maximum Gasteiger partial charge on any atom is 0.133 e. The quantitative estimate of drug-likeness (QED) is 0.594. The predicted octanol–water partition coefficient (Wildman–Crippen LogP) is 5.66. The van der Waals surface area contributed by atoms with Crippen LogP contribution >= 0.6 is 11.6 Å². The first-order valence-corrected chi connectivity index (χ1v) is 8.04. The minimum Gasteiger partial charge on any atom is -0.324 e. The number of hydrogen-bond donors (Lipinski definition) is 0. The summed E-state index contributed by atoms with van der Waals surface area (Å²) in [6.45, 7) is 3.21. The summed E-state index contributed by atoms with van der Waals surface area (Å²) in [5, 5.41) is 0.757. The van der Waals surface area contributed by atoms with Gasteiger partial charge in [-0.3, -0.25) is 0 Å². The molecule has 0 saturated heterocycles. The van der Waals surface area contributed by atoms with Crippen LogP contribution < -0.4 is 0 Å². The second kappa shape index (κ2) is 6.80. The highest BCUT2D eigenvalue weighted by Gasteiger charge is 2.07. The van der Waals surface area contributed by atoms with E-state index in [-0.39, 0.29) is 0 Å². The molecule has 0 aliphatic rings. The molecule has 2 aromatic carbocycles. The molecule has 112 valence electrons. The molecule has 1 aromatic heterocycles. The third kappa shape index (κ3) is 3.23. The molecule has 3 aromatic rings. The second-order valence-electron chi connectivity index (χ2n) is 5.35. The van der Waals surface area contributed by atoms with Crippen molar-refractivity contribution in [3.8, 4) is 0 Å². The van der Waals surface area contributed by atoms with Gasteiger partial charge in [0.2, 0.25) is 0 Å². The molecule has 0 bridgehead atoms. The van der Waals surface area contributed by atoms with Gasteiger partial charge in [-0.15, -0.1) is 0 Å². The van der Waals surface area contributed by atoms with Crippen molar-refractivity contribution in [2.75, 3.05) is 0 Å². The van der Waals surface area contributed by atoms with Gasteiger partial charge in [-0.05, 0) is 42.3 Å². The highest BCUT2D eigenvalue weighted by Crippen LogP contribution is 2.19. The van der Waals surface area contributed by atoms with E-state index >= 15 is 0 Å². The standard InChI is InChI=1S/C19H19ClN2/c1-2-3-14-22-18-7-5-4-6-17(18)21-19(22)13-10-15-8-11-16(20)12-9-15/h4-13H,2-3,14H2,1H3/b13-10+. The van der Waals surface area contributed by atoms with Crippen LogP contribution in [-0.4, -0.2) is 9.55 Å². The molecule has 0 unspecified atom stereocenters.